The van der Waals surface area contributed by atoms with E-state index in [1.165, 1.54) is 0 Å². The van der Waals surface area contributed by atoms with E-state index in [2.05, 4.69) is 20.6 Å². The molecule has 0 unspecified atom stereocenters. The molecule has 2 aromatic rings. The minimum absolute atomic E-state index is 0. The highest BCUT2D eigenvalue weighted by atomic mass is 127. The van der Waals surface area contributed by atoms with Crippen LogP contribution in [-0.2, 0) is 6.54 Å². The summed E-state index contributed by atoms with van der Waals surface area (Å²) in [5.41, 5.74) is 1.01. The molecular weight excluding hydrogens is 447 g/mol. The fourth-order valence-electron chi connectivity index (χ4n) is 2.17. The topological polar surface area (TPSA) is 77.0 Å². The Morgan fingerprint density at radius 2 is 1.96 bits per heavy atom. The largest absolute Gasteiger partial charge is 0.497 e. The van der Waals surface area contributed by atoms with Crippen molar-refractivity contribution in [3.8, 4) is 17.2 Å². The van der Waals surface area contributed by atoms with E-state index in [1.54, 1.807) is 33.7 Å². The van der Waals surface area contributed by atoms with Gasteiger partial charge in [0.1, 0.15) is 23.9 Å². The van der Waals surface area contributed by atoms with Crippen molar-refractivity contribution in [1.82, 2.24) is 15.6 Å². The van der Waals surface area contributed by atoms with E-state index in [9.17, 15) is 0 Å². The number of aromatic nitrogens is 1. The molecule has 1 aromatic carbocycles. The first-order valence-corrected chi connectivity index (χ1v) is 7.95. The van der Waals surface area contributed by atoms with E-state index in [0.29, 0.717) is 25.7 Å². The van der Waals surface area contributed by atoms with E-state index in [-0.39, 0.29) is 24.0 Å². The monoisotopic (exact) mass is 472 g/mol. The van der Waals surface area contributed by atoms with Gasteiger partial charge in [-0.3, -0.25) is 9.98 Å². The maximum atomic E-state index is 5.58. The number of guanidine groups is 1. The number of rotatable bonds is 8. The average molecular weight is 472 g/mol. The Morgan fingerprint density at radius 3 is 2.62 bits per heavy atom. The van der Waals surface area contributed by atoms with Gasteiger partial charge in [0.15, 0.2) is 5.96 Å². The second-order valence-corrected chi connectivity index (χ2v) is 5.07. The van der Waals surface area contributed by atoms with Crippen molar-refractivity contribution in [3.63, 3.8) is 0 Å². The molecule has 0 atom stereocenters. The maximum absolute atomic E-state index is 5.58. The van der Waals surface area contributed by atoms with Gasteiger partial charge in [0.2, 0.25) is 0 Å². The molecule has 7 nitrogen and oxygen atoms in total. The summed E-state index contributed by atoms with van der Waals surface area (Å²) in [4.78, 5) is 8.20. The molecule has 2 N–H and O–H groups in total. The Labute approximate surface area is 171 Å². The molecule has 0 fully saturated rings. The highest BCUT2D eigenvalue weighted by Crippen LogP contribution is 2.24. The van der Waals surface area contributed by atoms with Crippen molar-refractivity contribution in [1.29, 1.82) is 0 Å². The second-order valence-electron chi connectivity index (χ2n) is 5.07. The molecule has 0 spiro atoms. The summed E-state index contributed by atoms with van der Waals surface area (Å²) in [6.45, 7) is 1.71. The van der Waals surface area contributed by atoms with Crippen molar-refractivity contribution in [3.05, 3.63) is 48.3 Å². The van der Waals surface area contributed by atoms with Crippen molar-refractivity contribution >= 4 is 29.9 Å². The first-order chi connectivity index (χ1) is 12.3. The molecule has 0 aliphatic heterocycles. The molecule has 0 saturated carbocycles. The number of benzene rings is 1. The van der Waals surface area contributed by atoms with Gasteiger partial charge in [0.25, 0.3) is 0 Å². The number of ether oxygens (including phenoxy) is 3. The Balaban J connectivity index is 0.00000338. The molecular formula is C18H25IN4O3. The highest BCUT2D eigenvalue weighted by Gasteiger charge is 2.06. The Kier molecular flexibility index (Phi) is 10.2. The molecule has 1 heterocycles. The fraction of sp³-hybridized carbons (Fsp3) is 0.333. The van der Waals surface area contributed by atoms with Gasteiger partial charge in [-0.15, -0.1) is 24.0 Å². The summed E-state index contributed by atoms with van der Waals surface area (Å²) in [5, 5.41) is 6.44. The number of pyridine rings is 1. The van der Waals surface area contributed by atoms with Crippen molar-refractivity contribution in [2.75, 3.05) is 34.4 Å². The normalized spacial score (nSPS) is 10.5. The van der Waals surface area contributed by atoms with Gasteiger partial charge in [-0.2, -0.15) is 0 Å². The Morgan fingerprint density at radius 1 is 1.12 bits per heavy atom. The number of hydrogen-bond donors (Lipinski definition) is 2. The zero-order valence-corrected chi connectivity index (χ0v) is 17.5. The third kappa shape index (κ3) is 6.95. The smallest absolute Gasteiger partial charge is 0.191 e. The summed E-state index contributed by atoms with van der Waals surface area (Å²) in [6, 6.07) is 9.43. The molecule has 26 heavy (non-hydrogen) atoms. The maximum Gasteiger partial charge on any atom is 0.191 e. The van der Waals surface area contributed by atoms with Crippen LogP contribution in [0.25, 0.3) is 0 Å². The van der Waals surface area contributed by atoms with Crippen molar-refractivity contribution in [2.45, 2.75) is 6.54 Å². The van der Waals surface area contributed by atoms with Gasteiger partial charge in [-0.05, 0) is 24.3 Å². The summed E-state index contributed by atoms with van der Waals surface area (Å²) < 4.78 is 16.2. The molecule has 0 aliphatic carbocycles. The number of nitrogens with zero attached hydrogens (tertiary/aromatic N) is 2. The zero-order chi connectivity index (χ0) is 17.9. The van der Waals surface area contributed by atoms with Crippen LogP contribution >= 0.6 is 24.0 Å². The molecule has 0 saturated heterocycles. The summed E-state index contributed by atoms with van der Waals surface area (Å²) in [7, 11) is 5.00. The van der Waals surface area contributed by atoms with Gasteiger partial charge >= 0.3 is 0 Å². The van der Waals surface area contributed by atoms with Crippen LogP contribution in [0.15, 0.2) is 47.7 Å². The van der Waals surface area contributed by atoms with Crippen LogP contribution in [-0.4, -0.2) is 45.4 Å². The first kappa shape index (κ1) is 21.8. The summed E-state index contributed by atoms with van der Waals surface area (Å²) >= 11 is 0. The van der Waals surface area contributed by atoms with Crippen LogP contribution in [0.4, 0.5) is 0 Å². The van der Waals surface area contributed by atoms with Crippen molar-refractivity contribution in [2.24, 2.45) is 4.99 Å². The van der Waals surface area contributed by atoms with Crippen LogP contribution in [0, 0.1) is 0 Å². The highest BCUT2D eigenvalue weighted by molar-refractivity contribution is 14.0. The van der Waals surface area contributed by atoms with Crippen molar-refractivity contribution < 1.29 is 14.2 Å². The zero-order valence-electron chi connectivity index (χ0n) is 15.2. The van der Waals surface area contributed by atoms with E-state index >= 15 is 0 Å². The van der Waals surface area contributed by atoms with Crippen LogP contribution in [0.1, 0.15) is 5.56 Å². The van der Waals surface area contributed by atoms with Crippen LogP contribution in [0.2, 0.25) is 0 Å². The van der Waals surface area contributed by atoms with E-state index in [4.69, 9.17) is 14.2 Å². The predicted molar refractivity (Wildman–Crippen MR) is 113 cm³/mol. The molecule has 0 amide bonds. The van der Waals surface area contributed by atoms with Crippen LogP contribution in [0.3, 0.4) is 0 Å². The lowest BCUT2D eigenvalue weighted by Gasteiger charge is -2.14. The minimum atomic E-state index is 0. The number of aliphatic imine (C=N–C) groups is 1. The van der Waals surface area contributed by atoms with Gasteiger partial charge in [-0.1, -0.05) is 0 Å². The Hall–Kier alpha value is -2.23. The van der Waals surface area contributed by atoms with Gasteiger partial charge in [0, 0.05) is 31.4 Å². The lowest BCUT2D eigenvalue weighted by atomic mass is 10.2. The second kappa shape index (κ2) is 12.2. The molecule has 0 radical (unpaired) electrons. The third-order valence-electron chi connectivity index (χ3n) is 3.46. The predicted octanol–water partition coefficient (Wildman–Crippen LogP) is 2.46. The average Bonchev–Trinajstić information content (AvgIpc) is 2.68. The van der Waals surface area contributed by atoms with Crippen LogP contribution in [0.5, 0.6) is 17.2 Å². The minimum Gasteiger partial charge on any atom is -0.497 e. The lowest BCUT2D eigenvalue weighted by Crippen LogP contribution is -2.38. The van der Waals surface area contributed by atoms with Gasteiger partial charge in [0.05, 0.1) is 27.0 Å². The first-order valence-electron chi connectivity index (χ1n) is 7.95. The number of nitrogens with one attached hydrogen (secondary N) is 2. The standard InChI is InChI=1S/C18H24N4O3.HI/c1-19-18(21-9-10-25-16-5-4-8-20-13-16)22-12-14-6-7-15(23-2)11-17(14)24-3;/h4-8,11,13H,9-10,12H2,1-3H3,(H2,19,21,22);1H. The number of hydrogen-bond acceptors (Lipinski definition) is 5. The summed E-state index contributed by atoms with van der Waals surface area (Å²) in [5.74, 6) is 2.96. The molecule has 0 aliphatic rings. The van der Waals surface area contributed by atoms with E-state index in [1.807, 2.05) is 30.3 Å². The van der Waals surface area contributed by atoms with E-state index < -0.39 is 0 Å². The molecule has 2 rings (SSSR count). The van der Waals surface area contributed by atoms with E-state index in [0.717, 1.165) is 22.8 Å². The van der Waals surface area contributed by atoms with Crippen LogP contribution < -0.4 is 24.8 Å². The molecule has 142 valence electrons. The number of halogens is 1. The van der Waals surface area contributed by atoms with Gasteiger partial charge < -0.3 is 24.8 Å². The summed E-state index contributed by atoms with van der Waals surface area (Å²) in [6.07, 6.45) is 3.40. The van der Waals surface area contributed by atoms with Gasteiger partial charge in [-0.25, -0.2) is 0 Å². The lowest BCUT2D eigenvalue weighted by molar-refractivity contribution is 0.320. The molecule has 8 heteroatoms. The Bertz CT molecular complexity index is 683. The molecule has 1 aromatic heterocycles. The third-order valence-corrected chi connectivity index (χ3v) is 3.46. The SMILES string of the molecule is CN=C(NCCOc1cccnc1)NCc1ccc(OC)cc1OC.I. The fourth-order valence-corrected chi connectivity index (χ4v) is 2.17. The quantitative estimate of drug-likeness (QED) is 0.266. The number of methoxy groups -OCH3 is 2. The molecule has 0 bridgehead atoms.